The second kappa shape index (κ2) is 4.77. The van der Waals surface area contributed by atoms with Gasteiger partial charge in [0.2, 0.25) is 0 Å². The molecule has 1 N–H and O–H groups in total. The first-order valence-corrected chi connectivity index (χ1v) is 4.98. The zero-order valence-corrected chi connectivity index (χ0v) is 8.93. The number of carboxylic acids is 1. The first-order chi connectivity index (χ1) is 7.04. The van der Waals surface area contributed by atoms with Gasteiger partial charge in [0.1, 0.15) is 5.56 Å². The van der Waals surface area contributed by atoms with Crippen LogP contribution in [-0.4, -0.2) is 15.6 Å². The summed E-state index contributed by atoms with van der Waals surface area (Å²) < 4.78 is 1.75. The van der Waals surface area contributed by atoms with Crippen LogP contribution in [0, 0.1) is 5.92 Å². The smallest absolute Gasteiger partial charge is 0.341 e. The molecule has 0 aliphatic carbocycles. The minimum atomic E-state index is -1.17. The van der Waals surface area contributed by atoms with E-state index in [0.717, 1.165) is 13.0 Å². The Hall–Kier alpha value is -1.58. The molecule has 0 aliphatic heterocycles. The van der Waals surface area contributed by atoms with Crippen molar-refractivity contribution in [1.82, 2.24) is 4.57 Å². The van der Waals surface area contributed by atoms with E-state index in [-0.39, 0.29) is 5.56 Å². The minimum absolute atomic E-state index is 0.166. The molecule has 1 unspecified atom stereocenters. The molecule has 0 bridgehead atoms. The van der Waals surface area contributed by atoms with Gasteiger partial charge in [-0.3, -0.25) is 4.79 Å². The van der Waals surface area contributed by atoms with Crippen LogP contribution >= 0.6 is 0 Å². The van der Waals surface area contributed by atoms with Gasteiger partial charge in [-0.2, -0.15) is 0 Å². The summed E-state index contributed by atoms with van der Waals surface area (Å²) >= 11 is 0. The van der Waals surface area contributed by atoms with E-state index in [2.05, 4.69) is 13.8 Å². The summed E-state index contributed by atoms with van der Waals surface area (Å²) in [6.45, 7) is 4.89. The van der Waals surface area contributed by atoms with Crippen LogP contribution in [-0.2, 0) is 6.54 Å². The molecule has 0 aromatic carbocycles. The Balaban J connectivity index is 2.98. The average Bonchev–Trinajstić information content (AvgIpc) is 2.20. The van der Waals surface area contributed by atoms with Gasteiger partial charge in [0, 0.05) is 25.0 Å². The lowest BCUT2D eigenvalue weighted by Gasteiger charge is -2.11. The fourth-order valence-corrected chi connectivity index (χ4v) is 1.29. The fourth-order valence-electron chi connectivity index (χ4n) is 1.29. The molecular formula is C11H15NO3. The molecule has 1 rings (SSSR count). The number of hydrogen-bond acceptors (Lipinski definition) is 2. The number of nitrogens with zero attached hydrogens (tertiary/aromatic N) is 1. The van der Waals surface area contributed by atoms with E-state index in [4.69, 9.17) is 5.11 Å². The molecule has 82 valence electrons. The first kappa shape index (κ1) is 11.5. The lowest BCUT2D eigenvalue weighted by Crippen LogP contribution is -2.18. The van der Waals surface area contributed by atoms with Crippen molar-refractivity contribution in [1.29, 1.82) is 0 Å². The predicted molar refractivity (Wildman–Crippen MR) is 57.1 cm³/mol. The standard InChI is InChI=1S/C11H15NO3/c1-3-8(2)6-12-5-4-10(13)9(7-12)11(14)15/h4-5,7-8H,3,6H2,1-2H3,(H,14,15). The van der Waals surface area contributed by atoms with Gasteiger partial charge in [-0.25, -0.2) is 4.79 Å². The highest BCUT2D eigenvalue weighted by Crippen LogP contribution is 2.04. The third kappa shape index (κ3) is 2.94. The van der Waals surface area contributed by atoms with Crippen molar-refractivity contribution in [3.63, 3.8) is 0 Å². The molecule has 0 fully saturated rings. The molecule has 1 aromatic heterocycles. The van der Waals surface area contributed by atoms with Crippen LogP contribution < -0.4 is 5.43 Å². The number of rotatable bonds is 4. The molecule has 0 aliphatic rings. The molecule has 0 radical (unpaired) electrons. The minimum Gasteiger partial charge on any atom is -0.477 e. The average molecular weight is 209 g/mol. The van der Waals surface area contributed by atoms with Crippen LogP contribution in [0.3, 0.4) is 0 Å². The van der Waals surface area contributed by atoms with Crippen LogP contribution in [0.5, 0.6) is 0 Å². The molecule has 1 aromatic rings. The number of aromatic nitrogens is 1. The Labute approximate surface area is 88.2 Å². The van der Waals surface area contributed by atoms with Gasteiger partial charge >= 0.3 is 5.97 Å². The van der Waals surface area contributed by atoms with Gasteiger partial charge in [0.15, 0.2) is 5.43 Å². The summed E-state index contributed by atoms with van der Waals surface area (Å²) in [4.78, 5) is 21.9. The summed E-state index contributed by atoms with van der Waals surface area (Å²) in [6.07, 6.45) is 4.05. The Morgan fingerprint density at radius 2 is 2.27 bits per heavy atom. The number of carbonyl (C=O) groups is 1. The van der Waals surface area contributed by atoms with E-state index in [1.165, 1.54) is 12.3 Å². The number of aromatic carboxylic acids is 1. The summed E-state index contributed by atoms with van der Waals surface area (Å²) in [5.74, 6) is -0.701. The summed E-state index contributed by atoms with van der Waals surface area (Å²) in [6, 6.07) is 1.30. The predicted octanol–water partition coefficient (Wildman–Crippen LogP) is 1.59. The Kier molecular flexibility index (Phi) is 3.66. The van der Waals surface area contributed by atoms with Crippen LogP contribution in [0.15, 0.2) is 23.3 Å². The third-order valence-electron chi connectivity index (χ3n) is 2.43. The van der Waals surface area contributed by atoms with E-state index < -0.39 is 11.4 Å². The van der Waals surface area contributed by atoms with Crippen molar-refractivity contribution in [2.45, 2.75) is 26.8 Å². The van der Waals surface area contributed by atoms with Crippen LogP contribution in [0.4, 0.5) is 0 Å². The molecule has 0 amide bonds. The third-order valence-corrected chi connectivity index (χ3v) is 2.43. The number of carboxylic acid groups (broad SMARTS) is 1. The van der Waals surface area contributed by atoms with Crippen molar-refractivity contribution in [3.05, 3.63) is 34.2 Å². The molecule has 1 atom stereocenters. The highest BCUT2D eigenvalue weighted by Gasteiger charge is 2.08. The molecule has 0 saturated carbocycles. The van der Waals surface area contributed by atoms with Gasteiger partial charge in [-0.1, -0.05) is 20.3 Å². The lowest BCUT2D eigenvalue weighted by atomic mass is 10.1. The number of hydrogen-bond donors (Lipinski definition) is 1. The zero-order valence-electron chi connectivity index (χ0n) is 8.93. The van der Waals surface area contributed by atoms with Gasteiger partial charge in [0.05, 0.1) is 0 Å². The van der Waals surface area contributed by atoms with Crippen molar-refractivity contribution in [2.24, 2.45) is 5.92 Å². The van der Waals surface area contributed by atoms with Crippen molar-refractivity contribution >= 4 is 5.97 Å². The van der Waals surface area contributed by atoms with Gasteiger partial charge in [-0.15, -0.1) is 0 Å². The maximum absolute atomic E-state index is 11.2. The topological polar surface area (TPSA) is 59.3 Å². The molecule has 1 heterocycles. The molecule has 4 heteroatoms. The largest absolute Gasteiger partial charge is 0.477 e. The van der Waals surface area contributed by atoms with Crippen LogP contribution in [0.1, 0.15) is 30.6 Å². The highest BCUT2D eigenvalue weighted by molar-refractivity contribution is 5.86. The maximum Gasteiger partial charge on any atom is 0.341 e. The van der Waals surface area contributed by atoms with Crippen molar-refractivity contribution in [3.8, 4) is 0 Å². The fraction of sp³-hybridized carbons (Fsp3) is 0.455. The van der Waals surface area contributed by atoms with E-state index >= 15 is 0 Å². The van der Waals surface area contributed by atoms with Crippen molar-refractivity contribution < 1.29 is 9.90 Å². The second-order valence-corrected chi connectivity index (χ2v) is 3.74. The normalized spacial score (nSPS) is 12.4. The zero-order chi connectivity index (χ0) is 11.4. The van der Waals surface area contributed by atoms with Gasteiger partial charge in [-0.05, 0) is 5.92 Å². The SMILES string of the molecule is CCC(C)Cn1ccc(=O)c(C(=O)O)c1. The summed E-state index contributed by atoms with van der Waals surface area (Å²) in [7, 11) is 0. The van der Waals surface area contributed by atoms with E-state index in [9.17, 15) is 9.59 Å². The summed E-state index contributed by atoms with van der Waals surface area (Å²) in [5.41, 5.74) is -0.608. The Bertz CT molecular complexity index is 409. The van der Waals surface area contributed by atoms with Gasteiger partial charge < -0.3 is 9.67 Å². The quantitative estimate of drug-likeness (QED) is 0.819. The molecular weight excluding hydrogens is 194 g/mol. The van der Waals surface area contributed by atoms with E-state index in [1.807, 2.05) is 0 Å². The Morgan fingerprint density at radius 3 is 2.80 bits per heavy atom. The molecule has 0 spiro atoms. The van der Waals surface area contributed by atoms with Crippen LogP contribution in [0.2, 0.25) is 0 Å². The monoisotopic (exact) mass is 209 g/mol. The summed E-state index contributed by atoms with van der Waals surface area (Å²) in [5, 5.41) is 8.77. The number of pyridine rings is 1. The van der Waals surface area contributed by atoms with E-state index in [1.54, 1.807) is 10.8 Å². The van der Waals surface area contributed by atoms with E-state index in [0.29, 0.717) is 5.92 Å². The lowest BCUT2D eigenvalue weighted by molar-refractivity contribution is 0.0694. The molecule has 15 heavy (non-hydrogen) atoms. The van der Waals surface area contributed by atoms with Crippen molar-refractivity contribution in [2.75, 3.05) is 0 Å². The second-order valence-electron chi connectivity index (χ2n) is 3.74. The first-order valence-electron chi connectivity index (χ1n) is 4.98. The van der Waals surface area contributed by atoms with Crippen LogP contribution in [0.25, 0.3) is 0 Å². The molecule has 4 nitrogen and oxygen atoms in total. The highest BCUT2D eigenvalue weighted by atomic mass is 16.4. The Morgan fingerprint density at radius 1 is 1.60 bits per heavy atom. The molecule has 0 saturated heterocycles. The van der Waals surface area contributed by atoms with Gasteiger partial charge in [0.25, 0.3) is 0 Å². The maximum atomic E-state index is 11.2.